The number of phenols is 1. The maximum absolute atomic E-state index is 11.6. The van der Waals surface area contributed by atoms with Crippen molar-refractivity contribution in [1.82, 2.24) is 5.32 Å². The number of para-hydroxylation sites is 1. The molecule has 0 saturated carbocycles. The number of nitrogens with one attached hydrogen (secondary N) is 1. The average Bonchev–Trinajstić information content (AvgIpc) is 2.28. The molecule has 0 aromatic heterocycles. The summed E-state index contributed by atoms with van der Waals surface area (Å²) in [6, 6.07) is 4.70. The Bertz CT molecular complexity index is 376. The Labute approximate surface area is 81.5 Å². The highest BCUT2D eigenvalue weighted by Gasteiger charge is 2.21. The Kier molecular flexibility index (Phi) is 2.04. The van der Waals surface area contributed by atoms with Gasteiger partial charge in [0.05, 0.1) is 11.6 Å². The van der Waals surface area contributed by atoms with E-state index in [9.17, 15) is 9.90 Å². The first kappa shape index (κ1) is 8.87. The summed E-state index contributed by atoms with van der Waals surface area (Å²) in [6.07, 6.45) is 0. The minimum Gasteiger partial charge on any atom is -0.504 e. The Hall–Kier alpha value is -1.71. The monoisotopic (exact) mass is 193 g/mol. The van der Waals surface area contributed by atoms with Crippen LogP contribution in [0.15, 0.2) is 18.2 Å². The second-order valence-electron chi connectivity index (χ2n) is 3.34. The summed E-state index contributed by atoms with van der Waals surface area (Å²) in [5.41, 5.74) is 0.384. The summed E-state index contributed by atoms with van der Waals surface area (Å²) in [6.45, 7) is 2.22. The van der Waals surface area contributed by atoms with Crippen LogP contribution in [0.25, 0.3) is 0 Å². The van der Waals surface area contributed by atoms with E-state index in [0.717, 1.165) is 0 Å². The van der Waals surface area contributed by atoms with E-state index in [1.54, 1.807) is 12.1 Å². The predicted molar refractivity (Wildman–Crippen MR) is 50.5 cm³/mol. The van der Waals surface area contributed by atoms with Crippen LogP contribution in [0.2, 0.25) is 0 Å². The van der Waals surface area contributed by atoms with Crippen molar-refractivity contribution in [3.05, 3.63) is 23.8 Å². The fourth-order valence-electron chi connectivity index (χ4n) is 1.41. The average molecular weight is 193 g/mol. The molecular formula is C10H11NO3. The number of benzene rings is 1. The lowest BCUT2D eigenvalue weighted by atomic mass is 10.1. The van der Waals surface area contributed by atoms with Crippen molar-refractivity contribution in [3.8, 4) is 11.5 Å². The normalized spacial score (nSPS) is 20.4. The zero-order chi connectivity index (χ0) is 10.1. The van der Waals surface area contributed by atoms with Crippen molar-refractivity contribution < 1.29 is 14.6 Å². The second-order valence-corrected chi connectivity index (χ2v) is 3.34. The molecule has 0 bridgehead atoms. The fourth-order valence-corrected chi connectivity index (χ4v) is 1.41. The van der Waals surface area contributed by atoms with Gasteiger partial charge in [-0.3, -0.25) is 4.79 Å². The molecule has 4 heteroatoms. The number of carbonyl (C=O) groups is 1. The van der Waals surface area contributed by atoms with Crippen LogP contribution in [-0.2, 0) is 0 Å². The van der Waals surface area contributed by atoms with Crippen LogP contribution in [0.4, 0.5) is 0 Å². The molecule has 0 fully saturated rings. The Balaban J connectivity index is 2.48. The van der Waals surface area contributed by atoms with Crippen molar-refractivity contribution in [2.45, 2.75) is 13.0 Å². The SMILES string of the molecule is CC1COc2c(O)cccc2C(=O)N1. The summed E-state index contributed by atoms with van der Waals surface area (Å²) in [5, 5.41) is 12.2. The van der Waals surface area contributed by atoms with E-state index in [1.807, 2.05) is 6.92 Å². The van der Waals surface area contributed by atoms with E-state index >= 15 is 0 Å². The van der Waals surface area contributed by atoms with Crippen molar-refractivity contribution >= 4 is 5.91 Å². The maximum Gasteiger partial charge on any atom is 0.255 e. The number of amides is 1. The summed E-state index contributed by atoms with van der Waals surface area (Å²) < 4.78 is 5.33. The van der Waals surface area contributed by atoms with Gasteiger partial charge in [-0.2, -0.15) is 0 Å². The lowest BCUT2D eigenvalue weighted by Crippen LogP contribution is -2.33. The van der Waals surface area contributed by atoms with Gasteiger partial charge in [0, 0.05) is 0 Å². The molecule has 1 aliphatic rings. The Morgan fingerprint density at radius 3 is 3.14 bits per heavy atom. The number of hydrogen-bond donors (Lipinski definition) is 2. The minimum atomic E-state index is -0.207. The molecule has 1 aliphatic heterocycles. The van der Waals surface area contributed by atoms with Crippen molar-refractivity contribution in [2.24, 2.45) is 0 Å². The van der Waals surface area contributed by atoms with Gasteiger partial charge in [-0.05, 0) is 19.1 Å². The molecule has 1 unspecified atom stereocenters. The standard InChI is InChI=1S/C10H11NO3/c1-6-5-14-9-7(10(13)11-6)3-2-4-8(9)12/h2-4,6,12H,5H2,1H3,(H,11,13). The van der Waals surface area contributed by atoms with Crippen LogP contribution in [0.5, 0.6) is 11.5 Å². The first-order valence-corrected chi connectivity index (χ1v) is 4.44. The topological polar surface area (TPSA) is 58.6 Å². The molecule has 1 amide bonds. The van der Waals surface area contributed by atoms with E-state index in [4.69, 9.17) is 4.74 Å². The molecule has 0 aliphatic carbocycles. The van der Waals surface area contributed by atoms with Crippen molar-refractivity contribution in [1.29, 1.82) is 0 Å². The number of carbonyl (C=O) groups excluding carboxylic acids is 1. The van der Waals surface area contributed by atoms with Gasteiger partial charge < -0.3 is 15.2 Å². The molecule has 4 nitrogen and oxygen atoms in total. The minimum absolute atomic E-state index is 0.00625. The van der Waals surface area contributed by atoms with Crippen LogP contribution in [0.1, 0.15) is 17.3 Å². The van der Waals surface area contributed by atoms with Gasteiger partial charge in [0.2, 0.25) is 0 Å². The smallest absolute Gasteiger partial charge is 0.255 e. The maximum atomic E-state index is 11.6. The van der Waals surface area contributed by atoms with Gasteiger partial charge in [-0.25, -0.2) is 0 Å². The van der Waals surface area contributed by atoms with Crippen LogP contribution in [0.3, 0.4) is 0 Å². The number of fused-ring (bicyclic) bond motifs is 1. The summed E-state index contributed by atoms with van der Waals surface area (Å²) in [7, 11) is 0. The molecule has 14 heavy (non-hydrogen) atoms. The van der Waals surface area contributed by atoms with Gasteiger partial charge in [0.1, 0.15) is 6.61 Å². The first-order valence-electron chi connectivity index (χ1n) is 4.44. The van der Waals surface area contributed by atoms with Crippen LogP contribution < -0.4 is 10.1 Å². The lowest BCUT2D eigenvalue weighted by molar-refractivity contribution is 0.0942. The summed E-state index contributed by atoms with van der Waals surface area (Å²) in [4.78, 5) is 11.6. The van der Waals surface area contributed by atoms with E-state index in [-0.39, 0.29) is 23.4 Å². The summed E-state index contributed by atoms with van der Waals surface area (Å²) in [5.74, 6) is 0.0713. The molecule has 1 heterocycles. The third-order valence-corrected chi connectivity index (χ3v) is 2.09. The van der Waals surface area contributed by atoms with E-state index in [0.29, 0.717) is 12.2 Å². The zero-order valence-corrected chi connectivity index (χ0v) is 7.78. The first-order chi connectivity index (χ1) is 6.68. The molecule has 2 rings (SSSR count). The van der Waals surface area contributed by atoms with Gasteiger partial charge in [0.25, 0.3) is 5.91 Å². The fraction of sp³-hybridized carbons (Fsp3) is 0.300. The number of hydrogen-bond acceptors (Lipinski definition) is 3. The van der Waals surface area contributed by atoms with E-state index < -0.39 is 0 Å². The van der Waals surface area contributed by atoms with E-state index in [1.165, 1.54) is 6.07 Å². The highest BCUT2D eigenvalue weighted by atomic mass is 16.5. The molecule has 1 atom stereocenters. The Morgan fingerprint density at radius 1 is 1.57 bits per heavy atom. The summed E-state index contributed by atoms with van der Waals surface area (Å²) >= 11 is 0. The molecule has 0 saturated heterocycles. The van der Waals surface area contributed by atoms with Crippen molar-refractivity contribution in [2.75, 3.05) is 6.61 Å². The number of aromatic hydroxyl groups is 1. The van der Waals surface area contributed by atoms with Gasteiger partial charge >= 0.3 is 0 Å². The molecule has 0 spiro atoms. The zero-order valence-electron chi connectivity index (χ0n) is 7.78. The number of phenolic OH excluding ortho intramolecular Hbond substituents is 1. The van der Waals surface area contributed by atoms with Gasteiger partial charge in [0.15, 0.2) is 11.5 Å². The van der Waals surface area contributed by atoms with Gasteiger partial charge in [-0.15, -0.1) is 0 Å². The van der Waals surface area contributed by atoms with Crippen LogP contribution in [-0.4, -0.2) is 23.7 Å². The molecule has 2 N–H and O–H groups in total. The largest absolute Gasteiger partial charge is 0.504 e. The highest BCUT2D eigenvalue weighted by molar-refractivity contribution is 5.98. The Morgan fingerprint density at radius 2 is 2.36 bits per heavy atom. The number of ether oxygens (including phenoxy) is 1. The third-order valence-electron chi connectivity index (χ3n) is 2.09. The molecule has 1 aromatic rings. The second kappa shape index (κ2) is 3.21. The quantitative estimate of drug-likeness (QED) is 0.643. The van der Waals surface area contributed by atoms with Crippen LogP contribution in [0, 0.1) is 0 Å². The van der Waals surface area contributed by atoms with E-state index in [2.05, 4.69) is 5.32 Å². The third kappa shape index (κ3) is 1.39. The lowest BCUT2D eigenvalue weighted by Gasteiger charge is -2.08. The molecule has 0 radical (unpaired) electrons. The highest BCUT2D eigenvalue weighted by Crippen LogP contribution is 2.31. The van der Waals surface area contributed by atoms with Crippen LogP contribution >= 0.6 is 0 Å². The number of rotatable bonds is 0. The predicted octanol–water partition coefficient (Wildman–Crippen LogP) is 0.903. The molecular weight excluding hydrogens is 182 g/mol. The molecule has 74 valence electrons. The van der Waals surface area contributed by atoms with Crippen molar-refractivity contribution in [3.63, 3.8) is 0 Å². The molecule has 1 aromatic carbocycles. The van der Waals surface area contributed by atoms with Gasteiger partial charge in [-0.1, -0.05) is 6.07 Å².